The Balaban J connectivity index is 2.49. The van der Waals surface area contributed by atoms with Gasteiger partial charge in [-0.3, -0.25) is 14.5 Å². The molecule has 0 aromatic rings. The highest BCUT2D eigenvalue weighted by Gasteiger charge is 2.26. The molecule has 1 fully saturated rings. The number of hydrogen-bond acceptors (Lipinski definition) is 4. The Bertz CT molecular complexity index is 338. The zero-order valence-corrected chi connectivity index (χ0v) is 13.9. The number of amides is 1. The van der Waals surface area contributed by atoms with E-state index < -0.39 is 0 Å². The Morgan fingerprint density at radius 1 is 1.14 bits per heavy atom. The van der Waals surface area contributed by atoms with Crippen LogP contribution in [0.4, 0.5) is 0 Å². The van der Waals surface area contributed by atoms with Crippen LogP contribution < -0.4 is 0 Å². The highest BCUT2D eigenvalue weighted by atomic mass is 16.5. The summed E-state index contributed by atoms with van der Waals surface area (Å²) in [5.74, 6) is 0.595. The van der Waals surface area contributed by atoms with E-state index in [1.54, 1.807) is 0 Å². The molecule has 0 heterocycles. The van der Waals surface area contributed by atoms with E-state index in [1.807, 2.05) is 23.8 Å². The van der Waals surface area contributed by atoms with Crippen molar-refractivity contribution >= 4 is 11.9 Å². The van der Waals surface area contributed by atoms with Crippen LogP contribution in [0.15, 0.2) is 0 Å². The number of carbonyl (C=O) groups is 2. The summed E-state index contributed by atoms with van der Waals surface area (Å²) in [5, 5.41) is 0. The van der Waals surface area contributed by atoms with Crippen molar-refractivity contribution in [1.29, 1.82) is 0 Å². The zero-order valence-electron chi connectivity index (χ0n) is 13.9. The molecule has 0 aliphatic heterocycles. The van der Waals surface area contributed by atoms with Gasteiger partial charge in [0, 0.05) is 13.1 Å². The van der Waals surface area contributed by atoms with Crippen molar-refractivity contribution < 1.29 is 14.3 Å². The van der Waals surface area contributed by atoms with Crippen LogP contribution in [-0.2, 0) is 14.3 Å². The lowest BCUT2D eigenvalue weighted by atomic mass is 9.87. The van der Waals surface area contributed by atoms with Gasteiger partial charge in [-0.1, -0.05) is 13.8 Å². The first kappa shape index (κ1) is 18.0. The Morgan fingerprint density at radius 2 is 1.76 bits per heavy atom. The molecule has 1 saturated carbocycles. The van der Waals surface area contributed by atoms with Gasteiger partial charge in [0.2, 0.25) is 5.91 Å². The second-order valence-electron chi connectivity index (χ2n) is 6.21. The van der Waals surface area contributed by atoms with Gasteiger partial charge < -0.3 is 9.64 Å². The van der Waals surface area contributed by atoms with E-state index in [1.165, 1.54) is 20.0 Å². The Labute approximate surface area is 128 Å². The van der Waals surface area contributed by atoms with Gasteiger partial charge in [0.1, 0.15) is 0 Å². The maximum Gasteiger partial charge on any atom is 0.319 e. The smallest absolute Gasteiger partial charge is 0.319 e. The van der Waals surface area contributed by atoms with Gasteiger partial charge in [0.25, 0.3) is 0 Å². The number of methoxy groups -OCH3 is 1. The standard InChI is InChI=1S/C16H30N2O3/c1-5-10-18(12-16(20)21-4)11-15(19)17(3)14-8-6-13(2)7-9-14/h13-14H,5-12H2,1-4H3. The number of hydrogen-bond donors (Lipinski definition) is 0. The maximum atomic E-state index is 12.4. The molecule has 0 saturated heterocycles. The molecule has 0 atom stereocenters. The zero-order chi connectivity index (χ0) is 15.8. The van der Waals surface area contributed by atoms with Crippen molar-refractivity contribution in [2.24, 2.45) is 5.92 Å². The number of carbonyl (C=O) groups excluding carboxylic acids is 2. The third kappa shape index (κ3) is 6.04. The summed E-state index contributed by atoms with van der Waals surface area (Å²) in [4.78, 5) is 27.6. The van der Waals surface area contributed by atoms with Crippen molar-refractivity contribution in [3.8, 4) is 0 Å². The molecule has 122 valence electrons. The van der Waals surface area contributed by atoms with E-state index in [9.17, 15) is 9.59 Å². The van der Waals surface area contributed by atoms with Gasteiger partial charge in [-0.05, 0) is 44.6 Å². The molecule has 0 bridgehead atoms. The lowest BCUT2D eigenvalue weighted by Crippen LogP contribution is -2.46. The van der Waals surface area contributed by atoms with E-state index in [4.69, 9.17) is 4.74 Å². The molecule has 1 aliphatic rings. The first-order valence-corrected chi connectivity index (χ1v) is 8.02. The Morgan fingerprint density at radius 3 is 2.29 bits per heavy atom. The van der Waals surface area contributed by atoms with Gasteiger partial charge in [0.15, 0.2) is 0 Å². The van der Waals surface area contributed by atoms with Gasteiger partial charge in [-0.15, -0.1) is 0 Å². The van der Waals surface area contributed by atoms with Gasteiger partial charge >= 0.3 is 5.97 Å². The van der Waals surface area contributed by atoms with Crippen LogP contribution in [0.2, 0.25) is 0 Å². The molecule has 1 aliphatic carbocycles. The van der Waals surface area contributed by atoms with Crippen molar-refractivity contribution in [3.63, 3.8) is 0 Å². The minimum Gasteiger partial charge on any atom is -0.468 e. The van der Waals surface area contributed by atoms with E-state index in [-0.39, 0.29) is 18.4 Å². The molecule has 0 N–H and O–H groups in total. The second-order valence-corrected chi connectivity index (χ2v) is 6.21. The van der Waals surface area contributed by atoms with E-state index in [2.05, 4.69) is 6.92 Å². The lowest BCUT2D eigenvalue weighted by molar-refractivity contribution is -0.143. The largest absolute Gasteiger partial charge is 0.468 e. The second kappa shape index (κ2) is 9.03. The SMILES string of the molecule is CCCN(CC(=O)OC)CC(=O)N(C)C1CCC(C)CC1. The summed E-state index contributed by atoms with van der Waals surface area (Å²) in [7, 11) is 3.27. The molecule has 0 spiro atoms. The Kier molecular flexibility index (Phi) is 7.72. The highest BCUT2D eigenvalue weighted by molar-refractivity contribution is 5.79. The minimum atomic E-state index is -0.287. The summed E-state index contributed by atoms with van der Waals surface area (Å²) in [6.45, 7) is 5.53. The highest BCUT2D eigenvalue weighted by Crippen LogP contribution is 2.26. The quantitative estimate of drug-likeness (QED) is 0.674. The summed E-state index contributed by atoms with van der Waals surface area (Å²) < 4.78 is 4.69. The van der Waals surface area contributed by atoms with Crippen molar-refractivity contribution in [2.45, 2.75) is 52.0 Å². The first-order chi connectivity index (χ1) is 9.97. The predicted molar refractivity (Wildman–Crippen MR) is 82.9 cm³/mol. The number of ether oxygens (including phenoxy) is 1. The van der Waals surface area contributed by atoms with Crippen LogP contribution in [0.3, 0.4) is 0 Å². The molecular weight excluding hydrogens is 268 g/mol. The van der Waals surface area contributed by atoms with E-state index in [0.717, 1.165) is 31.7 Å². The summed E-state index contributed by atoms with van der Waals surface area (Å²) in [5.41, 5.74) is 0. The summed E-state index contributed by atoms with van der Waals surface area (Å²) >= 11 is 0. The molecule has 5 heteroatoms. The fourth-order valence-corrected chi connectivity index (χ4v) is 2.91. The summed E-state index contributed by atoms with van der Waals surface area (Å²) in [6.07, 6.45) is 5.49. The summed E-state index contributed by atoms with van der Waals surface area (Å²) in [6, 6.07) is 0.357. The van der Waals surface area contributed by atoms with Crippen LogP contribution in [0, 0.1) is 5.92 Å². The molecule has 1 amide bonds. The van der Waals surface area contributed by atoms with Crippen LogP contribution in [0.25, 0.3) is 0 Å². The normalized spacial score (nSPS) is 22.1. The number of likely N-dealkylation sites (N-methyl/N-ethyl adjacent to an activating group) is 1. The van der Waals surface area contributed by atoms with Crippen molar-refractivity contribution in [2.75, 3.05) is 33.8 Å². The molecule has 0 aromatic heterocycles. The first-order valence-electron chi connectivity index (χ1n) is 8.02. The van der Waals surface area contributed by atoms with Crippen LogP contribution in [0.1, 0.15) is 46.0 Å². The van der Waals surface area contributed by atoms with Gasteiger partial charge in [-0.2, -0.15) is 0 Å². The molecule has 5 nitrogen and oxygen atoms in total. The molecular formula is C16H30N2O3. The van der Waals surface area contributed by atoms with E-state index >= 15 is 0 Å². The topological polar surface area (TPSA) is 49.9 Å². The van der Waals surface area contributed by atoms with Gasteiger partial charge in [0.05, 0.1) is 20.2 Å². The maximum absolute atomic E-state index is 12.4. The molecule has 0 unspecified atom stereocenters. The fraction of sp³-hybridized carbons (Fsp3) is 0.875. The van der Waals surface area contributed by atoms with Crippen molar-refractivity contribution in [3.05, 3.63) is 0 Å². The van der Waals surface area contributed by atoms with E-state index in [0.29, 0.717) is 12.6 Å². The van der Waals surface area contributed by atoms with Crippen LogP contribution in [0.5, 0.6) is 0 Å². The fourth-order valence-electron chi connectivity index (χ4n) is 2.91. The molecule has 0 aromatic carbocycles. The lowest BCUT2D eigenvalue weighted by Gasteiger charge is -2.34. The third-order valence-electron chi connectivity index (χ3n) is 4.41. The van der Waals surface area contributed by atoms with Gasteiger partial charge in [-0.25, -0.2) is 0 Å². The monoisotopic (exact) mass is 298 g/mol. The van der Waals surface area contributed by atoms with Crippen molar-refractivity contribution in [1.82, 2.24) is 9.80 Å². The molecule has 1 rings (SSSR count). The number of nitrogens with zero attached hydrogens (tertiary/aromatic N) is 2. The predicted octanol–water partition coefficient (Wildman–Crippen LogP) is 1.91. The molecule has 21 heavy (non-hydrogen) atoms. The van der Waals surface area contributed by atoms with Crippen LogP contribution in [-0.4, -0.2) is 61.5 Å². The Hall–Kier alpha value is -1.10. The molecule has 0 radical (unpaired) electrons. The third-order valence-corrected chi connectivity index (χ3v) is 4.41. The van der Waals surface area contributed by atoms with Crippen LogP contribution >= 0.6 is 0 Å². The number of rotatable bonds is 7. The average Bonchev–Trinajstić information content (AvgIpc) is 2.47. The number of esters is 1. The minimum absolute atomic E-state index is 0.104. The average molecular weight is 298 g/mol.